The number of hydrogen-bond donors (Lipinski definition) is 1. The summed E-state index contributed by atoms with van der Waals surface area (Å²) >= 11 is 0. The van der Waals surface area contributed by atoms with Crippen LogP contribution < -0.4 is 0 Å². The molecule has 0 aliphatic rings. The number of carboxylic acid groups (broad SMARTS) is 1. The lowest BCUT2D eigenvalue weighted by atomic mass is 9.96. The van der Waals surface area contributed by atoms with Crippen molar-refractivity contribution in [1.82, 2.24) is 19.7 Å². The van der Waals surface area contributed by atoms with Gasteiger partial charge in [-0.15, -0.1) is 0 Å². The molecule has 0 bridgehead atoms. The maximum absolute atomic E-state index is 10.9. The Hall–Kier alpha value is -2.18. The lowest BCUT2D eigenvalue weighted by Gasteiger charge is -2.10. The van der Waals surface area contributed by atoms with Crippen LogP contribution in [0, 0.1) is 5.92 Å². The van der Waals surface area contributed by atoms with Crippen molar-refractivity contribution in [2.75, 3.05) is 0 Å². The van der Waals surface area contributed by atoms with E-state index in [2.05, 4.69) is 15.1 Å². The van der Waals surface area contributed by atoms with Crippen molar-refractivity contribution in [2.45, 2.75) is 19.8 Å². The quantitative estimate of drug-likeness (QED) is 0.878. The topological polar surface area (TPSA) is 94.0 Å². The first kappa shape index (κ1) is 12.3. The summed E-state index contributed by atoms with van der Waals surface area (Å²) in [6, 6.07) is 0. The van der Waals surface area contributed by atoms with Crippen LogP contribution in [0.3, 0.4) is 0 Å². The van der Waals surface area contributed by atoms with Crippen LogP contribution in [0.4, 0.5) is 0 Å². The molecule has 0 amide bonds. The summed E-state index contributed by atoms with van der Waals surface area (Å²) in [5.74, 6) is -1.07. The molecule has 96 valence electrons. The van der Waals surface area contributed by atoms with Gasteiger partial charge >= 0.3 is 5.97 Å². The van der Waals surface area contributed by atoms with Gasteiger partial charge in [-0.3, -0.25) is 4.79 Å². The van der Waals surface area contributed by atoms with E-state index >= 15 is 0 Å². The lowest BCUT2D eigenvalue weighted by Crippen LogP contribution is -2.16. The van der Waals surface area contributed by atoms with Gasteiger partial charge in [0.25, 0.3) is 0 Å². The van der Waals surface area contributed by atoms with Crippen molar-refractivity contribution in [3.8, 4) is 11.5 Å². The third-order valence-electron chi connectivity index (χ3n) is 3.02. The predicted octanol–water partition coefficient (Wildman–Crippen LogP) is 1.29. The SMILES string of the molecule is CC(C(=O)O)C(C)c1nc(-c2cncn2C)no1. The molecule has 0 aromatic carbocycles. The van der Waals surface area contributed by atoms with Crippen molar-refractivity contribution >= 4 is 5.97 Å². The minimum atomic E-state index is -0.886. The Labute approximate surface area is 103 Å². The zero-order chi connectivity index (χ0) is 13.3. The molecule has 0 spiro atoms. The van der Waals surface area contributed by atoms with Gasteiger partial charge in [-0.1, -0.05) is 19.0 Å². The molecule has 0 saturated heterocycles. The molecule has 0 saturated carbocycles. The monoisotopic (exact) mass is 250 g/mol. The number of aryl methyl sites for hydroxylation is 1. The van der Waals surface area contributed by atoms with Gasteiger partial charge in [0.1, 0.15) is 5.69 Å². The van der Waals surface area contributed by atoms with E-state index in [1.54, 1.807) is 30.9 Å². The first-order valence-electron chi connectivity index (χ1n) is 5.53. The van der Waals surface area contributed by atoms with Crippen LogP contribution in [-0.4, -0.2) is 30.8 Å². The molecule has 0 aliphatic heterocycles. The van der Waals surface area contributed by atoms with E-state index in [-0.39, 0.29) is 5.92 Å². The van der Waals surface area contributed by atoms with Crippen molar-refractivity contribution in [3.63, 3.8) is 0 Å². The van der Waals surface area contributed by atoms with Gasteiger partial charge in [-0.05, 0) is 0 Å². The van der Waals surface area contributed by atoms with Gasteiger partial charge in [-0.25, -0.2) is 4.98 Å². The van der Waals surface area contributed by atoms with Crippen LogP contribution >= 0.6 is 0 Å². The molecule has 7 nitrogen and oxygen atoms in total. The summed E-state index contributed by atoms with van der Waals surface area (Å²) in [6.07, 6.45) is 3.26. The minimum absolute atomic E-state index is 0.320. The van der Waals surface area contributed by atoms with Gasteiger partial charge < -0.3 is 14.2 Å². The summed E-state index contributed by atoms with van der Waals surface area (Å²) in [5.41, 5.74) is 0.722. The maximum Gasteiger partial charge on any atom is 0.307 e. The largest absolute Gasteiger partial charge is 0.481 e. The van der Waals surface area contributed by atoms with Crippen LogP contribution in [-0.2, 0) is 11.8 Å². The summed E-state index contributed by atoms with van der Waals surface area (Å²) in [4.78, 5) is 19.1. The average molecular weight is 250 g/mol. The molecule has 2 aromatic heterocycles. The zero-order valence-corrected chi connectivity index (χ0v) is 10.4. The van der Waals surface area contributed by atoms with Gasteiger partial charge in [0.15, 0.2) is 0 Å². The Kier molecular flexibility index (Phi) is 3.14. The lowest BCUT2D eigenvalue weighted by molar-refractivity contribution is -0.141. The van der Waals surface area contributed by atoms with Crippen molar-refractivity contribution in [2.24, 2.45) is 13.0 Å². The van der Waals surface area contributed by atoms with Crippen molar-refractivity contribution in [1.29, 1.82) is 0 Å². The maximum atomic E-state index is 10.9. The van der Waals surface area contributed by atoms with Crippen LogP contribution in [0.25, 0.3) is 11.5 Å². The number of carbonyl (C=O) groups is 1. The molecule has 2 atom stereocenters. The first-order valence-corrected chi connectivity index (χ1v) is 5.53. The third kappa shape index (κ3) is 2.11. The molecular formula is C11H14N4O3. The minimum Gasteiger partial charge on any atom is -0.481 e. The first-order chi connectivity index (χ1) is 8.50. The fourth-order valence-corrected chi connectivity index (χ4v) is 1.52. The van der Waals surface area contributed by atoms with Crippen LogP contribution in [0.2, 0.25) is 0 Å². The molecule has 2 rings (SSSR count). The summed E-state index contributed by atoms with van der Waals surface area (Å²) in [7, 11) is 1.82. The Morgan fingerprint density at radius 2 is 2.22 bits per heavy atom. The smallest absolute Gasteiger partial charge is 0.307 e. The Bertz CT molecular complexity index is 560. The summed E-state index contributed by atoms with van der Waals surface area (Å²) < 4.78 is 6.87. The van der Waals surface area contributed by atoms with Gasteiger partial charge in [0, 0.05) is 13.0 Å². The highest BCUT2D eigenvalue weighted by Gasteiger charge is 2.26. The second kappa shape index (κ2) is 4.59. The van der Waals surface area contributed by atoms with Crippen molar-refractivity contribution < 1.29 is 14.4 Å². The van der Waals surface area contributed by atoms with Gasteiger partial charge in [0.2, 0.25) is 11.7 Å². The number of hydrogen-bond acceptors (Lipinski definition) is 5. The Balaban J connectivity index is 2.26. The van der Waals surface area contributed by atoms with Crippen LogP contribution in [0.15, 0.2) is 17.0 Å². The molecule has 1 N–H and O–H groups in total. The van der Waals surface area contributed by atoms with E-state index < -0.39 is 11.9 Å². The summed E-state index contributed by atoms with van der Waals surface area (Å²) in [6.45, 7) is 3.36. The van der Waals surface area contributed by atoms with Gasteiger partial charge in [0.05, 0.1) is 18.4 Å². The Morgan fingerprint density at radius 1 is 1.50 bits per heavy atom. The third-order valence-corrected chi connectivity index (χ3v) is 3.02. The molecular weight excluding hydrogens is 236 g/mol. The molecule has 2 unspecified atom stereocenters. The number of nitrogens with zero attached hydrogens (tertiary/aromatic N) is 4. The molecule has 0 radical (unpaired) electrons. The summed E-state index contributed by atoms with van der Waals surface area (Å²) in [5, 5.41) is 12.8. The molecule has 0 fully saturated rings. The van der Waals surface area contributed by atoms with Gasteiger partial charge in [-0.2, -0.15) is 4.98 Å². The van der Waals surface area contributed by atoms with E-state index in [1.165, 1.54) is 0 Å². The number of aliphatic carboxylic acids is 1. The number of carboxylic acids is 1. The molecule has 2 heterocycles. The highest BCUT2D eigenvalue weighted by atomic mass is 16.5. The number of imidazole rings is 1. The normalized spacial score (nSPS) is 14.4. The second-order valence-corrected chi connectivity index (χ2v) is 4.26. The van der Waals surface area contributed by atoms with Crippen LogP contribution in [0.1, 0.15) is 25.7 Å². The van der Waals surface area contributed by atoms with E-state index in [9.17, 15) is 4.79 Å². The Morgan fingerprint density at radius 3 is 2.78 bits per heavy atom. The standard InChI is InChI=1S/C11H14N4O3/c1-6(7(2)11(16)17)10-13-9(14-18-10)8-4-12-5-15(8)3/h4-7H,1-3H3,(H,16,17). The molecule has 2 aromatic rings. The van der Waals surface area contributed by atoms with Crippen LogP contribution in [0.5, 0.6) is 0 Å². The molecule has 0 aliphatic carbocycles. The highest BCUT2D eigenvalue weighted by molar-refractivity contribution is 5.70. The van der Waals surface area contributed by atoms with E-state index in [4.69, 9.17) is 9.63 Å². The fourth-order valence-electron chi connectivity index (χ4n) is 1.52. The number of aromatic nitrogens is 4. The highest BCUT2D eigenvalue weighted by Crippen LogP contribution is 2.24. The zero-order valence-electron chi connectivity index (χ0n) is 10.4. The molecule has 7 heteroatoms. The average Bonchev–Trinajstić information content (AvgIpc) is 2.95. The van der Waals surface area contributed by atoms with Crippen molar-refractivity contribution in [3.05, 3.63) is 18.4 Å². The van der Waals surface area contributed by atoms with E-state index in [0.717, 1.165) is 5.69 Å². The number of rotatable bonds is 4. The van der Waals surface area contributed by atoms with E-state index in [1.807, 2.05) is 7.05 Å². The van der Waals surface area contributed by atoms with E-state index in [0.29, 0.717) is 11.7 Å². The predicted molar refractivity (Wildman–Crippen MR) is 61.7 cm³/mol. The second-order valence-electron chi connectivity index (χ2n) is 4.26. The molecule has 18 heavy (non-hydrogen) atoms. The fraction of sp³-hybridized carbons (Fsp3) is 0.455.